The molecule has 12 heteroatoms. The summed E-state index contributed by atoms with van der Waals surface area (Å²) in [7, 11) is 0. The fourth-order valence-corrected chi connectivity index (χ4v) is 4.44. The summed E-state index contributed by atoms with van der Waals surface area (Å²) >= 11 is 6.34. The highest BCUT2D eigenvalue weighted by atomic mass is 35.5. The Balaban J connectivity index is 1.49. The van der Waals surface area contributed by atoms with Crippen molar-refractivity contribution in [1.29, 1.82) is 0 Å². The van der Waals surface area contributed by atoms with Crippen LogP contribution < -0.4 is 5.32 Å². The van der Waals surface area contributed by atoms with Gasteiger partial charge in [-0.1, -0.05) is 11.6 Å². The summed E-state index contributed by atoms with van der Waals surface area (Å²) in [6.45, 7) is 2.87. The molecule has 0 spiro atoms. The molecule has 36 heavy (non-hydrogen) atoms. The van der Waals surface area contributed by atoms with Crippen LogP contribution in [0.5, 0.6) is 0 Å². The maximum Gasteiger partial charge on any atom is 0.294 e. The van der Waals surface area contributed by atoms with Crippen LogP contribution in [0.2, 0.25) is 5.02 Å². The Hall–Kier alpha value is -3.96. The molecule has 1 saturated heterocycles. The smallest absolute Gasteiger partial charge is 0.294 e. The summed E-state index contributed by atoms with van der Waals surface area (Å²) in [6, 6.07) is 9.92. The van der Waals surface area contributed by atoms with Crippen LogP contribution in [-0.2, 0) is 9.59 Å². The number of nitrogens with zero attached hydrogens (tertiary/aromatic N) is 2. The zero-order valence-corrected chi connectivity index (χ0v) is 20.4. The number of rotatable bonds is 6. The van der Waals surface area contributed by atoms with E-state index >= 15 is 0 Å². The van der Waals surface area contributed by atoms with Gasteiger partial charge in [0, 0.05) is 29.0 Å². The molecule has 1 fully saturated rings. The Morgan fingerprint density at radius 3 is 2.67 bits per heavy atom. The van der Waals surface area contributed by atoms with Crippen molar-refractivity contribution in [1.82, 2.24) is 4.90 Å². The van der Waals surface area contributed by atoms with Crippen LogP contribution in [-0.4, -0.2) is 33.4 Å². The molecule has 9 nitrogen and oxygen atoms in total. The minimum atomic E-state index is -0.683. The number of furan rings is 1. The number of benzene rings is 2. The highest BCUT2D eigenvalue weighted by molar-refractivity contribution is 8.18. The van der Waals surface area contributed by atoms with E-state index in [9.17, 15) is 28.9 Å². The van der Waals surface area contributed by atoms with Gasteiger partial charge in [0.25, 0.3) is 16.8 Å². The van der Waals surface area contributed by atoms with Crippen LogP contribution in [0.4, 0.5) is 20.6 Å². The van der Waals surface area contributed by atoms with E-state index in [-0.39, 0.29) is 27.1 Å². The van der Waals surface area contributed by atoms with Gasteiger partial charge in [0.1, 0.15) is 23.9 Å². The summed E-state index contributed by atoms with van der Waals surface area (Å²) in [5.41, 5.74) is 1.94. The summed E-state index contributed by atoms with van der Waals surface area (Å²) in [6.07, 6.45) is 1.36. The number of nitrogens with one attached hydrogen (secondary N) is 1. The number of halogens is 2. The number of carbonyl (C=O) groups excluding carboxylic acids is 3. The van der Waals surface area contributed by atoms with Gasteiger partial charge >= 0.3 is 0 Å². The molecule has 3 aromatic rings. The van der Waals surface area contributed by atoms with E-state index in [1.807, 2.05) is 0 Å². The number of nitro benzene ring substituents is 1. The molecule has 0 bridgehead atoms. The van der Waals surface area contributed by atoms with Crippen LogP contribution in [0.3, 0.4) is 0 Å². The Bertz CT molecular complexity index is 1470. The molecule has 0 atom stereocenters. The van der Waals surface area contributed by atoms with Gasteiger partial charge in [0.15, 0.2) is 0 Å². The molecule has 0 radical (unpaired) electrons. The largest absolute Gasteiger partial charge is 0.457 e. The molecule has 0 saturated carbocycles. The molecule has 1 aromatic heterocycles. The van der Waals surface area contributed by atoms with Crippen molar-refractivity contribution in [2.24, 2.45) is 0 Å². The van der Waals surface area contributed by atoms with E-state index in [4.69, 9.17) is 16.0 Å². The Morgan fingerprint density at radius 1 is 1.22 bits per heavy atom. The van der Waals surface area contributed by atoms with Crippen molar-refractivity contribution in [3.05, 3.63) is 85.2 Å². The van der Waals surface area contributed by atoms with E-state index in [2.05, 4.69) is 5.32 Å². The van der Waals surface area contributed by atoms with Crippen LogP contribution in [0.1, 0.15) is 16.9 Å². The first-order valence-corrected chi connectivity index (χ1v) is 11.6. The fraction of sp³-hybridized carbons (Fsp3) is 0.125. The second kappa shape index (κ2) is 9.96. The number of hydrogen-bond acceptors (Lipinski definition) is 7. The van der Waals surface area contributed by atoms with E-state index in [0.717, 1.165) is 16.5 Å². The van der Waals surface area contributed by atoms with Crippen molar-refractivity contribution in [3.8, 4) is 11.3 Å². The summed E-state index contributed by atoms with van der Waals surface area (Å²) < 4.78 is 19.0. The molecule has 1 aliphatic heterocycles. The molecule has 1 N–H and O–H groups in total. The second-order valence-electron chi connectivity index (χ2n) is 7.84. The van der Waals surface area contributed by atoms with Crippen molar-refractivity contribution in [3.63, 3.8) is 0 Å². The molecule has 1 aliphatic rings. The predicted octanol–water partition coefficient (Wildman–Crippen LogP) is 5.94. The lowest BCUT2D eigenvalue weighted by atomic mass is 10.0. The molecule has 0 aliphatic carbocycles. The number of aryl methyl sites for hydroxylation is 1. The quantitative estimate of drug-likeness (QED) is 0.238. The third-order valence-electron chi connectivity index (χ3n) is 5.40. The predicted molar refractivity (Wildman–Crippen MR) is 133 cm³/mol. The van der Waals surface area contributed by atoms with E-state index in [1.54, 1.807) is 32.0 Å². The number of anilines is 1. The Morgan fingerprint density at radius 2 is 1.97 bits per heavy atom. The summed E-state index contributed by atoms with van der Waals surface area (Å²) in [4.78, 5) is 49.1. The van der Waals surface area contributed by atoms with Crippen molar-refractivity contribution in [2.45, 2.75) is 13.8 Å². The van der Waals surface area contributed by atoms with E-state index in [1.165, 1.54) is 24.3 Å². The van der Waals surface area contributed by atoms with Crippen LogP contribution >= 0.6 is 23.4 Å². The number of carbonyl (C=O) groups is 3. The normalized spacial score (nSPS) is 14.6. The molecule has 184 valence electrons. The minimum Gasteiger partial charge on any atom is -0.457 e. The average Bonchev–Trinajstić information content (AvgIpc) is 3.38. The van der Waals surface area contributed by atoms with Gasteiger partial charge in [0.05, 0.1) is 14.9 Å². The average molecular weight is 530 g/mol. The van der Waals surface area contributed by atoms with Crippen molar-refractivity contribution in [2.75, 3.05) is 11.9 Å². The lowest BCUT2D eigenvalue weighted by Crippen LogP contribution is -2.36. The zero-order valence-electron chi connectivity index (χ0n) is 18.8. The zero-order chi connectivity index (χ0) is 26.1. The number of imide groups is 1. The Labute approximate surface area is 213 Å². The first kappa shape index (κ1) is 25.1. The maximum atomic E-state index is 13.3. The highest BCUT2D eigenvalue weighted by Crippen LogP contribution is 2.35. The van der Waals surface area contributed by atoms with E-state index < -0.39 is 34.3 Å². The van der Waals surface area contributed by atoms with Gasteiger partial charge in [-0.25, -0.2) is 4.39 Å². The second-order valence-corrected chi connectivity index (χ2v) is 9.24. The van der Waals surface area contributed by atoms with Gasteiger partial charge in [-0.3, -0.25) is 29.4 Å². The SMILES string of the molecule is Cc1cc(-c2ccc(/C=C3/SC(=O)N(CC(=O)Nc4ccc(F)c(Cl)c4)C3=O)o2)cc([N+](=O)[O-])c1C. The van der Waals surface area contributed by atoms with Gasteiger partial charge in [-0.2, -0.15) is 0 Å². The molecule has 2 heterocycles. The van der Waals surface area contributed by atoms with Crippen LogP contribution in [0.15, 0.2) is 51.8 Å². The molecular formula is C24H17ClFN3O6S. The van der Waals surface area contributed by atoms with Gasteiger partial charge < -0.3 is 9.73 Å². The van der Waals surface area contributed by atoms with E-state index in [0.29, 0.717) is 28.6 Å². The molecule has 2 aromatic carbocycles. The lowest BCUT2D eigenvalue weighted by molar-refractivity contribution is -0.385. The lowest BCUT2D eigenvalue weighted by Gasteiger charge is -2.12. The van der Waals surface area contributed by atoms with Crippen molar-refractivity contribution >= 4 is 57.9 Å². The number of hydrogen-bond donors (Lipinski definition) is 1. The maximum absolute atomic E-state index is 13.3. The van der Waals surface area contributed by atoms with Crippen LogP contribution in [0, 0.1) is 29.8 Å². The molecule has 0 unspecified atom stereocenters. The Kier molecular flexibility index (Phi) is 6.95. The topological polar surface area (TPSA) is 123 Å². The first-order valence-electron chi connectivity index (χ1n) is 10.4. The monoisotopic (exact) mass is 529 g/mol. The molecular weight excluding hydrogens is 513 g/mol. The van der Waals surface area contributed by atoms with Crippen molar-refractivity contribution < 1.29 is 28.1 Å². The third-order valence-corrected chi connectivity index (χ3v) is 6.60. The van der Waals surface area contributed by atoms with Gasteiger partial charge in [-0.05, 0) is 67.6 Å². The standard InChI is InChI=1S/C24H17ClFN3O6S/c1-12-7-14(8-19(13(12)2)29(33)34)20-6-4-16(35-20)10-21-23(31)28(24(32)36-21)11-22(30)27-15-3-5-18(26)17(25)9-15/h3-10H,11H2,1-2H3,(H,27,30)/b21-10+. The minimum absolute atomic E-state index is 0.0368. The highest BCUT2D eigenvalue weighted by Gasteiger charge is 2.36. The van der Waals surface area contributed by atoms with Gasteiger partial charge in [0.2, 0.25) is 5.91 Å². The number of amides is 3. The first-order chi connectivity index (χ1) is 17.0. The molecule has 3 amide bonds. The van der Waals surface area contributed by atoms with Crippen LogP contribution in [0.25, 0.3) is 17.4 Å². The number of thioether (sulfide) groups is 1. The number of nitro groups is 1. The molecule has 4 rings (SSSR count). The summed E-state index contributed by atoms with van der Waals surface area (Å²) in [5, 5.41) is 13.0. The van der Waals surface area contributed by atoms with Gasteiger partial charge in [-0.15, -0.1) is 0 Å². The summed E-state index contributed by atoms with van der Waals surface area (Å²) in [5.74, 6) is -1.40. The fourth-order valence-electron chi connectivity index (χ4n) is 3.44. The third kappa shape index (κ3) is 5.16.